The smallest absolute Gasteiger partial charge is 0.140 e. The molecule has 1 aromatic heterocycles. The van der Waals surface area contributed by atoms with E-state index in [1.54, 1.807) is 6.20 Å². The van der Waals surface area contributed by atoms with Crippen LogP contribution < -0.4 is 5.32 Å². The molecule has 0 fully saturated rings. The first-order valence-electron chi connectivity index (χ1n) is 4.22. The van der Waals surface area contributed by atoms with Crippen LogP contribution in [-0.4, -0.2) is 11.5 Å². The molecular weight excluding hydrogens is 308 g/mol. The Morgan fingerprint density at radius 3 is 2.93 bits per heavy atom. The van der Waals surface area contributed by atoms with Crippen molar-refractivity contribution >= 4 is 37.7 Å². The van der Waals surface area contributed by atoms with Gasteiger partial charge in [-0.15, -0.1) is 12.3 Å². The third-order valence-corrected chi connectivity index (χ3v) is 2.64. The summed E-state index contributed by atoms with van der Waals surface area (Å²) in [5.41, 5.74) is 0. The molecule has 2 nitrogen and oxygen atoms in total. The van der Waals surface area contributed by atoms with Crippen molar-refractivity contribution in [2.75, 3.05) is 11.9 Å². The van der Waals surface area contributed by atoms with Gasteiger partial charge in [0, 0.05) is 23.6 Å². The van der Waals surface area contributed by atoms with Crippen LogP contribution in [0.4, 0.5) is 5.82 Å². The summed E-state index contributed by atoms with van der Waals surface area (Å²) in [4.78, 5) is 4.22. The van der Waals surface area contributed by atoms with E-state index in [0.717, 1.165) is 34.1 Å². The summed E-state index contributed by atoms with van der Waals surface area (Å²) < 4.78 is 1.91. The quantitative estimate of drug-likeness (QED) is 0.680. The number of nitrogens with zero attached hydrogens (tertiary/aromatic N) is 1. The Morgan fingerprint density at radius 2 is 2.29 bits per heavy atom. The monoisotopic (exact) mass is 316 g/mol. The number of hydrogen-bond acceptors (Lipinski definition) is 2. The lowest BCUT2D eigenvalue weighted by molar-refractivity contribution is 0.900. The molecule has 0 radical (unpaired) electrons. The molecule has 0 amide bonds. The molecule has 0 atom stereocenters. The molecule has 0 aliphatic heterocycles. The summed E-state index contributed by atoms with van der Waals surface area (Å²) in [5, 5.41) is 3.20. The minimum Gasteiger partial charge on any atom is -0.369 e. The molecule has 4 heteroatoms. The Balaban J connectivity index is 2.47. The van der Waals surface area contributed by atoms with Crippen LogP contribution in [-0.2, 0) is 0 Å². The highest BCUT2D eigenvalue weighted by atomic mass is 79.9. The molecule has 1 N–H and O–H groups in total. The molecule has 0 unspecified atom stereocenters. The van der Waals surface area contributed by atoms with Gasteiger partial charge in [-0.1, -0.05) is 0 Å². The van der Waals surface area contributed by atoms with Crippen molar-refractivity contribution < 1.29 is 0 Å². The van der Waals surface area contributed by atoms with Gasteiger partial charge in [0.25, 0.3) is 0 Å². The zero-order valence-corrected chi connectivity index (χ0v) is 10.7. The lowest BCUT2D eigenvalue weighted by atomic mass is 10.3. The van der Waals surface area contributed by atoms with Gasteiger partial charge in [-0.25, -0.2) is 4.98 Å². The van der Waals surface area contributed by atoms with Crippen molar-refractivity contribution in [2.45, 2.75) is 12.8 Å². The first-order chi connectivity index (χ1) is 6.74. The number of nitrogens with one attached hydrogen (secondary N) is 1. The van der Waals surface area contributed by atoms with Gasteiger partial charge >= 0.3 is 0 Å². The molecular formula is C10H10Br2N2. The summed E-state index contributed by atoms with van der Waals surface area (Å²) in [6.07, 6.45) is 8.66. The fourth-order valence-corrected chi connectivity index (χ4v) is 2.07. The number of aromatic nitrogens is 1. The van der Waals surface area contributed by atoms with Gasteiger partial charge < -0.3 is 5.32 Å². The molecule has 0 saturated carbocycles. The maximum absolute atomic E-state index is 5.15. The molecule has 0 aliphatic carbocycles. The van der Waals surface area contributed by atoms with Crippen LogP contribution in [0.5, 0.6) is 0 Å². The highest BCUT2D eigenvalue weighted by molar-refractivity contribution is 9.11. The van der Waals surface area contributed by atoms with Gasteiger partial charge in [-0.05, 0) is 44.3 Å². The van der Waals surface area contributed by atoms with E-state index < -0.39 is 0 Å². The van der Waals surface area contributed by atoms with Crippen molar-refractivity contribution in [3.8, 4) is 12.3 Å². The second-order valence-corrected chi connectivity index (χ2v) is 4.49. The highest BCUT2D eigenvalue weighted by Crippen LogP contribution is 2.23. The number of pyridine rings is 1. The van der Waals surface area contributed by atoms with E-state index in [-0.39, 0.29) is 0 Å². The van der Waals surface area contributed by atoms with Gasteiger partial charge in [0.1, 0.15) is 5.82 Å². The zero-order chi connectivity index (χ0) is 10.4. The standard InChI is InChI=1S/C10H10Br2N2/c1-2-3-4-5-13-10-9(12)6-8(11)7-14-10/h1,6-7H,3-5H2,(H,13,14). The van der Waals surface area contributed by atoms with Crippen LogP contribution in [0.25, 0.3) is 0 Å². The Morgan fingerprint density at radius 1 is 1.50 bits per heavy atom. The van der Waals surface area contributed by atoms with Crippen LogP contribution in [0.1, 0.15) is 12.8 Å². The van der Waals surface area contributed by atoms with Crippen LogP contribution in [0.15, 0.2) is 21.2 Å². The normalized spacial score (nSPS) is 9.50. The average Bonchev–Trinajstić information content (AvgIpc) is 2.15. The number of halogens is 2. The van der Waals surface area contributed by atoms with E-state index in [4.69, 9.17) is 6.42 Å². The average molecular weight is 318 g/mol. The lowest BCUT2D eigenvalue weighted by Crippen LogP contribution is -2.03. The van der Waals surface area contributed by atoms with Crippen LogP contribution in [0, 0.1) is 12.3 Å². The van der Waals surface area contributed by atoms with Crippen molar-refractivity contribution in [3.05, 3.63) is 21.2 Å². The highest BCUT2D eigenvalue weighted by Gasteiger charge is 2.00. The van der Waals surface area contributed by atoms with E-state index in [1.165, 1.54) is 0 Å². The Kier molecular flexibility index (Phi) is 4.99. The molecule has 0 aromatic carbocycles. The zero-order valence-electron chi connectivity index (χ0n) is 7.56. The van der Waals surface area contributed by atoms with Gasteiger partial charge in [-0.3, -0.25) is 0 Å². The van der Waals surface area contributed by atoms with Crippen molar-refractivity contribution in [1.82, 2.24) is 4.98 Å². The number of unbranched alkanes of at least 4 members (excludes halogenated alkanes) is 1. The molecule has 1 aromatic rings. The van der Waals surface area contributed by atoms with Gasteiger partial charge in [0.05, 0.1) is 4.47 Å². The summed E-state index contributed by atoms with van der Waals surface area (Å²) in [7, 11) is 0. The number of terminal acetylenes is 1. The van der Waals surface area contributed by atoms with Crippen molar-refractivity contribution in [2.24, 2.45) is 0 Å². The van der Waals surface area contributed by atoms with Crippen LogP contribution in [0.2, 0.25) is 0 Å². The maximum Gasteiger partial charge on any atom is 0.140 e. The fourth-order valence-electron chi connectivity index (χ4n) is 0.942. The Bertz CT molecular complexity index is 344. The maximum atomic E-state index is 5.15. The van der Waals surface area contributed by atoms with Crippen LogP contribution in [0.3, 0.4) is 0 Å². The minimum atomic E-state index is 0.793. The molecule has 1 rings (SSSR count). The molecule has 0 spiro atoms. The number of anilines is 1. The van der Waals surface area contributed by atoms with E-state index >= 15 is 0 Å². The van der Waals surface area contributed by atoms with Gasteiger partial charge in [0.2, 0.25) is 0 Å². The minimum absolute atomic E-state index is 0.793. The molecule has 74 valence electrons. The fraction of sp³-hybridized carbons (Fsp3) is 0.300. The predicted molar refractivity (Wildman–Crippen MR) is 66.2 cm³/mol. The molecule has 0 aliphatic rings. The first kappa shape index (κ1) is 11.5. The summed E-state index contributed by atoms with van der Waals surface area (Å²) in [5.74, 6) is 3.45. The lowest BCUT2D eigenvalue weighted by Gasteiger charge is -2.06. The molecule has 0 bridgehead atoms. The number of rotatable bonds is 4. The van der Waals surface area contributed by atoms with E-state index in [1.807, 2.05) is 6.07 Å². The Hall–Kier alpha value is -0.530. The van der Waals surface area contributed by atoms with Crippen molar-refractivity contribution in [3.63, 3.8) is 0 Å². The molecule has 14 heavy (non-hydrogen) atoms. The first-order valence-corrected chi connectivity index (χ1v) is 5.81. The largest absolute Gasteiger partial charge is 0.369 e. The third-order valence-electron chi connectivity index (χ3n) is 1.60. The third kappa shape index (κ3) is 3.69. The topological polar surface area (TPSA) is 24.9 Å². The predicted octanol–water partition coefficient (Wildman–Crippen LogP) is 3.43. The second-order valence-electron chi connectivity index (χ2n) is 2.72. The van der Waals surface area contributed by atoms with E-state index in [2.05, 4.69) is 48.1 Å². The van der Waals surface area contributed by atoms with E-state index in [0.29, 0.717) is 0 Å². The van der Waals surface area contributed by atoms with Crippen LogP contribution >= 0.6 is 31.9 Å². The Labute approximate surface area is 101 Å². The molecule has 0 saturated heterocycles. The van der Waals surface area contributed by atoms with Gasteiger partial charge in [0.15, 0.2) is 0 Å². The van der Waals surface area contributed by atoms with Crippen molar-refractivity contribution in [1.29, 1.82) is 0 Å². The van der Waals surface area contributed by atoms with Gasteiger partial charge in [-0.2, -0.15) is 0 Å². The summed E-state index contributed by atoms with van der Waals surface area (Å²) in [6, 6.07) is 1.95. The van der Waals surface area contributed by atoms with E-state index in [9.17, 15) is 0 Å². The summed E-state index contributed by atoms with van der Waals surface area (Å²) >= 11 is 6.76. The SMILES string of the molecule is C#CCCCNc1ncc(Br)cc1Br. The molecule has 1 heterocycles. The number of hydrogen-bond donors (Lipinski definition) is 1. The second kappa shape index (κ2) is 6.05. The summed E-state index contributed by atoms with van der Waals surface area (Å²) in [6.45, 7) is 0.845.